The fourth-order valence-corrected chi connectivity index (χ4v) is 3.88. The number of hydrazone groups is 1. The van der Waals surface area contributed by atoms with E-state index in [0.29, 0.717) is 34.9 Å². The molecule has 2 aromatic carbocycles. The van der Waals surface area contributed by atoms with Crippen LogP contribution in [-0.2, 0) is 6.54 Å². The van der Waals surface area contributed by atoms with Crippen LogP contribution < -0.4 is 9.47 Å². The van der Waals surface area contributed by atoms with Gasteiger partial charge < -0.3 is 14.6 Å². The lowest BCUT2D eigenvalue weighted by Crippen LogP contribution is -2.28. The molecule has 11 heteroatoms. The number of aryl methyl sites for hydroxylation is 1. The van der Waals surface area contributed by atoms with Crippen LogP contribution in [0.2, 0.25) is 0 Å². The van der Waals surface area contributed by atoms with Crippen molar-refractivity contribution in [2.45, 2.75) is 25.9 Å². The molecule has 4 rings (SSSR count). The molecule has 0 unspecified atom stereocenters. The zero-order valence-electron chi connectivity index (χ0n) is 18.8. The third-order valence-electron chi connectivity index (χ3n) is 5.60. The first kappa shape index (κ1) is 22.8. The maximum absolute atomic E-state index is 13.5. The Kier molecular flexibility index (Phi) is 6.17. The maximum atomic E-state index is 13.5. The lowest BCUT2D eigenvalue weighted by atomic mass is 9.97. The summed E-state index contributed by atoms with van der Waals surface area (Å²) in [5.41, 5.74) is 0.874. The van der Waals surface area contributed by atoms with Gasteiger partial charge in [0, 0.05) is 30.2 Å². The monoisotopic (exact) mass is 465 g/mol. The third-order valence-corrected chi connectivity index (χ3v) is 5.60. The highest BCUT2D eigenvalue weighted by atomic mass is 16.6. The molecule has 1 amide bonds. The Labute approximate surface area is 195 Å². The van der Waals surface area contributed by atoms with Gasteiger partial charge in [0.05, 0.1) is 30.9 Å². The van der Waals surface area contributed by atoms with Crippen LogP contribution in [0.3, 0.4) is 0 Å². The Morgan fingerprint density at radius 3 is 2.65 bits per heavy atom. The summed E-state index contributed by atoms with van der Waals surface area (Å²) < 4.78 is 12.1. The molecule has 176 valence electrons. The molecule has 0 saturated heterocycles. The zero-order chi connectivity index (χ0) is 24.4. The molecule has 3 aromatic rings. The molecule has 0 fully saturated rings. The number of ether oxygens (including phenoxy) is 2. The molecule has 1 aliphatic heterocycles. The van der Waals surface area contributed by atoms with Gasteiger partial charge in [-0.05, 0) is 25.1 Å². The van der Waals surface area contributed by atoms with Gasteiger partial charge in [0.15, 0.2) is 0 Å². The Hall–Kier alpha value is -4.41. The maximum Gasteiger partial charge on any atom is 0.320 e. The number of phenols is 1. The number of hydrogen-bond acceptors (Lipinski definition) is 8. The van der Waals surface area contributed by atoms with E-state index in [1.54, 1.807) is 50.4 Å². The van der Waals surface area contributed by atoms with Crippen LogP contribution in [0.4, 0.5) is 5.69 Å². The topological polar surface area (TPSA) is 132 Å². The largest absolute Gasteiger partial charge is 0.508 e. The number of carbonyl (C=O) groups excluding carboxylic acids is 1. The molecule has 0 saturated carbocycles. The number of aromatic nitrogens is 2. The summed E-state index contributed by atoms with van der Waals surface area (Å²) >= 11 is 0. The smallest absolute Gasteiger partial charge is 0.320 e. The van der Waals surface area contributed by atoms with E-state index in [1.807, 2.05) is 0 Å². The number of para-hydroxylation sites is 1. The predicted molar refractivity (Wildman–Crippen MR) is 122 cm³/mol. The first-order valence-corrected chi connectivity index (χ1v) is 10.5. The van der Waals surface area contributed by atoms with Crippen LogP contribution >= 0.6 is 0 Å². The molecular weight excluding hydrogens is 442 g/mol. The Morgan fingerprint density at radius 1 is 1.24 bits per heavy atom. The molecule has 1 aromatic heterocycles. The number of benzene rings is 2. The highest BCUT2D eigenvalue weighted by Crippen LogP contribution is 2.40. The fraction of sp³-hybridized carbons (Fsp3) is 0.261. The molecule has 0 spiro atoms. The normalized spacial score (nSPS) is 15.2. The zero-order valence-corrected chi connectivity index (χ0v) is 18.8. The van der Waals surface area contributed by atoms with Crippen molar-refractivity contribution >= 4 is 17.3 Å². The summed E-state index contributed by atoms with van der Waals surface area (Å²) in [6.45, 7) is 2.12. The van der Waals surface area contributed by atoms with Gasteiger partial charge in [-0.25, -0.2) is 5.01 Å². The van der Waals surface area contributed by atoms with Crippen molar-refractivity contribution in [3.8, 4) is 17.2 Å². The molecule has 1 aliphatic rings. The van der Waals surface area contributed by atoms with E-state index in [0.717, 1.165) is 5.01 Å². The number of hydrogen-bond donors (Lipinski definition) is 1. The number of aromatic hydroxyl groups is 1. The van der Waals surface area contributed by atoms with Crippen molar-refractivity contribution in [2.75, 3.05) is 14.2 Å². The van der Waals surface area contributed by atoms with Crippen molar-refractivity contribution in [1.82, 2.24) is 14.8 Å². The Morgan fingerprint density at radius 2 is 2.00 bits per heavy atom. The predicted octanol–water partition coefficient (Wildman–Crippen LogP) is 3.53. The summed E-state index contributed by atoms with van der Waals surface area (Å²) in [5.74, 6) is 0.321. The summed E-state index contributed by atoms with van der Waals surface area (Å²) in [5, 5.41) is 31.9. The van der Waals surface area contributed by atoms with Crippen molar-refractivity contribution in [1.29, 1.82) is 0 Å². The molecule has 0 bridgehead atoms. The quantitative estimate of drug-likeness (QED) is 0.417. The minimum atomic E-state index is -0.741. The average molecular weight is 465 g/mol. The van der Waals surface area contributed by atoms with Gasteiger partial charge in [-0.3, -0.25) is 19.6 Å². The van der Waals surface area contributed by atoms with Crippen molar-refractivity contribution in [2.24, 2.45) is 5.10 Å². The van der Waals surface area contributed by atoms with E-state index in [2.05, 4.69) is 10.2 Å². The second-order valence-electron chi connectivity index (χ2n) is 7.52. The van der Waals surface area contributed by atoms with Crippen molar-refractivity contribution in [3.63, 3.8) is 0 Å². The van der Waals surface area contributed by atoms with E-state index in [1.165, 1.54) is 24.1 Å². The van der Waals surface area contributed by atoms with Gasteiger partial charge in [-0.2, -0.15) is 10.2 Å². The summed E-state index contributed by atoms with van der Waals surface area (Å²) in [7, 11) is 3.05. The second-order valence-corrected chi connectivity index (χ2v) is 7.52. The minimum absolute atomic E-state index is 0.0166. The van der Waals surface area contributed by atoms with Crippen molar-refractivity contribution in [3.05, 3.63) is 75.6 Å². The van der Waals surface area contributed by atoms with Crippen LogP contribution in [0.15, 0.2) is 53.8 Å². The summed E-state index contributed by atoms with van der Waals surface area (Å²) in [6.07, 6.45) is 1.46. The minimum Gasteiger partial charge on any atom is -0.508 e. The second kappa shape index (κ2) is 9.22. The SMILES string of the molecule is CCn1cc([N+](=O)[O-])c(C(=O)N2N=C(c3ccc(OC)cc3OC)C[C@H]2c2ccccc2O)n1. The van der Waals surface area contributed by atoms with Crippen LogP contribution in [0, 0.1) is 10.1 Å². The number of nitrogens with zero attached hydrogens (tertiary/aromatic N) is 5. The van der Waals surface area contributed by atoms with E-state index in [9.17, 15) is 20.0 Å². The van der Waals surface area contributed by atoms with Crippen LogP contribution in [0.5, 0.6) is 17.2 Å². The molecule has 1 N–H and O–H groups in total. The molecule has 2 heterocycles. The number of rotatable bonds is 7. The van der Waals surface area contributed by atoms with Gasteiger partial charge in [0.25, 0.3) is 0 Å². The number of methoxy groups -OCH3 is 2. The average Bonchev–Trinajstić information content (AvgIpc) is 3.48. The fourth-order valence-electron chi connectivity index (χ4n) is 3.88. The molecule has 0 aliphatic carbocycles. The lowest BCUT2D eigenvalue weighted by molar-refractivity contribution is -0.385. The molecule has 1 atom stereocenters. The number of nitro groups is 1. The van der Waals surface area contributed by atoms with E-state index < -0.39 is 22.6 Å². The number of phenolic OH excluding ortho intramolecular Hbond substituents is 1. The van der Waals surface area contributed by atoms with Gasteiger partial charge in [0.1, 0.15) is 23.4 Å². The molecular formula is C23H23N5O6. The molecule has 11 nitrogen and oxygen atoms in total. The van der Waals surface area contributed by atoms with Gasteiger partial charge >= 0.3 is 11.6 Å². The highest BCUT2D eigenvalue weighted by Gasteiger charge is 2.39. The number of carbonyl (C=O) groups is 1. The Bertz CT molecular complexity index is 1280. The molecule has 0 radical (unpaired) electrons. The lowest BCUT2D eigenvalue weighted by Gasteiger charge is -2.21. The van der Waals surface area contributed by atoms with Gasteiger partial charge in [0.2, 0.25) is 5.69 Å². The number of amides is 1. The van der Waals surface area contributed by atoms with Crippen LogP contribution in [0.25, 0.3) is 0 Å². The highest BCUT2D eigenvalue weighted by molar-refractivity contribution is 6.07. The van der Waals surface area contributed by atoms with Crippen molar-refractivity contribution < 1.29 is 24.3 Å². The van der Waals surface area contributed by atoms with E-state index in [4.69, 9.17) is 9.47 Å². The summed E-state index contributed by atoms with van der Waals surface area (Å²) in [4.78, 5) is 24.5. The van der Waals surface area contributed by atoms with Gasteiger partial charge in [-0.15, -0.1) is 0 Å². The van der Waals surface area contributed by atoms with E-state index in [-0.39, 0.29) is 17.9 Å². The third kappa shape index (κ3) is 4.03. The Balaban J connectivity index is 1.83. The first-order chi connectivity index (χ1) is 16.4. The van der Waals surface area contributed by atoms with Crippen LogP contribution in [-0.4, -0.2) is 50.7 Å². The molecule has 34 heavy (non-hydrogen) atoms. The van der Waals surface area contributed by atoms with E-state index >= 15 is 0 Å². The van der Waals surface area contributed by atoms with Crippen LogP contribution in [0.1, 0.15) is 41.0 Å². The summed E-state index contributed by atoms with van der Waals surface area (Å²) in [6, 6.07) is 11.1. The van der Waals surface area contributed by atoms with Gasteiger partial charge in [-0.1, -0.05) is 18.2 Å². The first-order valence-electron chi connectivity index (χ1n) is 10.5. The standard InChI is InChI=1S/C23H23N5O6/c1-4-26-13-19(28(31)32)22(25-26)23(30)27-18(16-7-5-6-8-20(16)29)12-17(24-27)15-10-9-14(33-2)11-21(15)34-3/h5-11,13,18,29H,4,12H2,1-3H3/t18-/m0/s1.